The largest absolute Gasteiger partial charge is 0.508 e. The summed E-state index contributed by atoms with van der Waals surface area (Å²) >= 11 is 0. The van der Waals surface area contributed by atoms with Gasteiger partial charge in [0.2, 0.25) is 0 Å². The molecule has 110 valence electrons. The van der Waals surface area contributed by atoms with Crippen LogP contribution in [-0.4, -0.2) is 23.3 Å². The molecule has 0 bridgehead atoms. The third kappa shape index (κ3) is 3.75. The zero-order valence-corrected chi connectivity index (χ0v) is 11.8. The second-order valence-corrected chi connectivity index (χ2v) is 4.84. The Balaban J connectivity index is 2.21. The Bertz CT molecular complexity index is 607. The van der Waals surface area contributed by atoms with Gasteiger partial charge in [0, 0.05) is 11.6 Å². The predicted molar refractivity (Wildman–Crippen MR) is 79.8 cm³/mol. The van der Waals surface area contributed by atoms with Gasteiger partial charge in [-0.25, -0.2) is 0 Å². The van der Waals surface area contributed by atoms with Gasteiger partial charge in [-0.15, -0.1) is 0 Å². The van der Waals surface area contributed by atoms with Crippen LogP contribution in [0.25, 0.3) is 0 Å². The van der Waals surface area contributed by atoms with Crippen molar-refractivity contribution in [3.8, 4) is 11.5 Å². The lowest BCUT2D eigenvalue weighted by Crippen LogP contribution is -2.13. The topological polar surface area (TPSA) is 66.8 Å². The summed E-state index contributed by atoms with van der Waals surface area (Å²) in [6.45, 7) is 0. The van der Waals surface area contributed by atoms with Gasteiger partial charge in [0.05, 0.1) is 13.0 Å². The van der Waals surface area contributed by atoms with E-state index in [0.29, 0.717) is 24.2 Å². The fourth-order valence-corrected chi connectivity index (χ4v) is 2.36. The van der Waals surface area contributed by atoms with E-state index in [9.17, 15) is 15.0 Å². The molecule has 0 saturated heterocycles. The molecule has 2 aromatic rings. The van der Waals surface area contributed by atoms with Crippen LogP contribution in [0.5, 0.6) is 11.5 Å². The van der Waals surface area contributed by atoms with Crippen LogP contribution < -0.4 is 4.74 Å². The Morgan fingerprint density at radius 3 is 2.52 bits per heavy atom. The van der Waals surface area contributed by atoms with Crippen molar-refractivity contribution >= 4 is 5.97 Å². The summed E-state index contributed by atoms with van der Waals surface area (Å²) in [4.78, 5) is 11.6. The van der Waals surface area contributed by atoms with Crippen LogP contribution >= 0.6 is 0 Å². The molecule has 4 heteroatoms. The molecule has 0 heterocycles. The molecule has 21 heavy (non-hydrogen) atoms. The molecular formula is C17H18O4. The van der Waals surface area contributed by atoms with Gasteiger partial charge < -0.3 is 14.9 Å². The highest BCUT2D eigenvalue weighted by Crippen LogP contribution is 2.33. The summed E-state index contributed by atoms with van der Waals surface area (Å²) in [5, 5.41) is 18.9. The van der Waals surface area contributed by atoms with E-state index in [1.165, 1.54) is 19.2 Å². The number of phenolic OH excluding ortho intramolecular Hbond substituents is 1. The number of carboxylic acid groups (broad SMARTS) is 1. The van der Waals surface area contributed by atoms with E-state index < -0.39 is 11.9 Å². The lowest BCUT2D eigenvalue weighted by Gasteiger charge is -2.16. The molecule has 0 radical (unpaired) electrons. The van der Waals surface area contributed by atoms with Crippen molar-refractivity contribution in [2.45, 2.75) is 18.8 Å². The zero-order valence-electron chi connectivity index (χ0n) is 11.8. The highest BCUT2D eigenvalue weighted by Gasteiger charge is 2.23. The fourth-order valence-electron chi connectivity index (χ4n) is 2.36. The molecule has 1 unspecified atom stereocenters. The maximum atomic E-state index is 11.6. The second-order valence-electron chi connectivity index (χ2n) is 4.84. The smallest absolute Gasteiger partial charge is 0.311 e. The van der Waals surface area contributed by atoms with Crippen LogP contribution in [0.3, 0.4) is 0 Å². The number of phenols is 1. The number of aromatic hydroxyl groups is 1. The molecule has 1 atom stereocenters. The molecule has 4 nitrogen and oxygen atoms in total. The number of aryl methyl sites for hydroxylation is 1. The zero-order chi connectivity index (χ0) is 15.2. The number of methoxy groups -OCH3 is 1. The summed E-state index contributed by atoms with van der Waals surface area (Å²) < 4.78 is 5.19. The van der Waals surface area contributed by atoms with E-state index in [4.69, 9.17) is 4.74 Å². The van der Waals surface area contributed by atoms with Gasteiger partial charge in [-0.2, -0.15) is 0 Å². The molecule has 2 rings (SSSR count). The minimum absolute atomic E-state index is 0.0581. The highest BCUT2D eigenvalue weighted by molar-refractivity contribution is 5.77. The van der Waals surface area contributed by atoms with E-state index in [2.05, 4.69) is 0 Å². The molecule has 0 amide bonds. The van der Waals surface area contributed by atoms with Crippen LogP contribution in [0.4, 0.5) is 0 Å². The van der Waals surface area contributed by atoms with Crippen LogP contribution in [0.2, 0.25) is 0 Å². The van der Waals surface area contributed by atoms with Crippen molar-refractivity contribution in [2.75, 3.05) is 7.11 Å². The number of hydrogen-bond acceptors (Lipinski definition) is 3. The maximum absolute atomic E-state index is 11.6. The Morgan fingerprint density at radius 1 is 1.19 bits per heavy atom. The fraction of sp³-hybridized carbons (Fsp3) is 0.235. The number of ether oxygens (including phenoxy) is 1. The van der Waals surface area contributed by atoms with Gasteiger partial charge in [-0.3, -0.25) is 4.79 Å². The summed E-state index contributed by atoms with van der Waals surface area (Å²) in [6.07, 6.45) is 1.14. The first kappa shape index (κ1) is 14.9. The summed E-state index contributed by atoms with van der Waals surface area (Å²) in [5.74, 6) is -1.10. The highest BCUT2D eigenvalue weighted by atomic mass is 16.5. The van der Waals surface area contributed by atoms with Crippen molar-refractivity contribution in [2.24, 2.45) is 0 Å². The van der Waals surface area contributed by atoms with Crippen molar-refractivity contribution in [1.82, 2.24) is 0 Å². The second kappa shape index (κ2) is 6.79. The molecular weight excluding hydrogens is 268 g/mol. The van der Waals surface area contributed by atoms with E-state index in [1.807, 2.05) is 30.3 Å². The molecule has 0 saturated carbocycles. The number of rotatable bonds is 6. The normalized spacial score (nSPS) is 11.9. The average Bonchev–Trinajstić information content (AvgIpc) is 2.49. The molecule has 0 aliphatic rings. The van der Waals surface area contributed by atoms with Gasteiger partial charge in [0.15, 0.2) is 0 Å². The number of carbonyl (C=O) groups is 1. The molecule has 0 aromatic heterocycles. The number of hydrogen-bond donors (Lipinski definition) is 2. The Labute approximate surface area is 123 Å². The predicted octanol–water partition coefficient (Wildman–Crippen LogP) is 3.20. The number of carboxylic acids is 1. The average molecular weight is 286 g/mol. The monoisotopic (exact) mass is 286 g/mol. The Hall–Kier alpha value is -2.49. The van der Waals surface area contributed by atoms with E-state index in [1.54, 1.807) is 6.07 Å². The lowest BCUT2D eigenvalue weighted by molar-refractivity contribution is -0.139. The third-order valence-corrected chi connectivity index (χ3v) is 3.46. The first-order chi connectivity index (χ1) is 10.1. The van der Waals surface area contributed by atoms with E-state index in [0.717, 1.165) is 5.56 Å². The van der Waals surface area contributed by atoms with Crippen LogP contribution in [-0.2, 0) is 11.2 Å². The van der Waals surface area contributed by atoms with Crippen molar-refractivity contribution < 1.29 is 19.7 Å². The van der Waals surface area contributed by atoms with E-state index in [-0.39, 0.29) is 5.75 Å². The Kier molecular flexibility index (Phi) is 4.82. The lowest BCUT2D eigenvalue weighted by atomic mass is 9.91. The van der Waals surface area contributed by atoms with Gasteiger partial charge in [0.25, 0.3) is 0 Å². The molecule has 0 spiro atoms. The standard InChI is InChI=1S/C17H18O4/c1-21-16-11-13(18)8-10-14(16)15(17(19)20)9-7-12-5-3-2-4-6-12/h2-6,8,10-11,15,18H,7,9H2,1H3,(H,19,20). The van der Waals surface area contributed by atoms with Gasteiger partial charge >= 0.3 is 5.97 Å². The molecule has 0 aliphatic heterocycles. The minimum atomic E-state index is -0.894. The van der Waals surface area contributed by atoms with Crippen LogP contribution in [0, 0.1) is 0 Å². The quantitative estimate of drug-likeness (QED) is 0.855. The maximum Gasteiger partial charge on any atom is 0.311 e. The van der Waals surface area contributed by atoms with Gasteiger partial charge in [0.1, 0.15) is 11.5 Å². The van der Waals surface area contributed by atoms with E-state index >= 15 is 0 Å². The third-order valence-electron chi connectivity index (χ3n) is 3.46. The van der Waals surface area contributed by atoms with Crippen molar-refractivity contribution in [3.63, 3.8) is 0 Å². The SMILES string of the molecule is COc1cc(O)ccc1C(CCc1ccccc1)C(=O)O. The first-order valence-corrected chi connectivity index (χ1v) is 6.75. The molecule has 2 aromatic carbocycles. The number of aliphatic carboxylic acids is 1. The number of benzene rings is 2. The first-order valence-electron chi connectivity index (χ1n) is 6.75. The van der Waals surface area contributed by atoms with Gasteiger partial charge in [-0.1, -0.05) is 36.4 Å². The Morgan fingerprint density at radius 2 is 1.90 bits per heavy atom. The van der Waals surface area contributed by atoms with Crippen molar-refractivity contribution in [1.29, 1.82) is 0 Å². The molecule has 0 aliphatic carbocycles. The molecule has 0 fully saturated rings. The summed E-state index contributed by atoms with van der Waals surface area (Å²) in [6, 6.07) is 14.3. The summed E-state index contributed by atoms with van der Waals surface area (Å²) in [5.41, 5.74) is 1.68. The molecule has 2 N–H and O–H groups in total. The van der Waals surface area contributed by atoms with Crippen LogP contribution in [0.15, 0.2) is 48.5 Å². The minimum Gasteiger partial charge on any atom is -0.508 e. The van der Waals surface area contributed by atoms with Gasteiger partial charge in [-0.05, 0) is 24.5 Å². The van der Waals surface area contributed by atoms with Crippen LogP contribution in [0.1, 0.15) is 23.5 Å². The van der Waals surface area contributed by atoms with Crippen molar-refractivity contribution in [3.05, 3.63) is 59.7 Å². The summed E-state index contributed by atoms with van der Waals surface area (Å²) in [7, 11) is 1.47.